The molecule has 2 bridgehead atoms. The van der Waals surface area contributed by atoms with E-state index in [4.69, 9.17) is 0 Å². The van der Waals surface area contributed by atoms with Gasteiger partial charge in [-0.1, -0.05) is 6.07 Å². The van der Waals surface area contributed by atoms with Crippen LogP contribution in [0.5, 0.6) is 0 Å². The molecular weight excluding hydrogens is 370 g/mol. The van der Waals surface area contributed by atoms with Crippen molar-refractivity contribution in [2.75, 3.05) is 13.1 Å². The number of thiophene rings is 1. The van der Waals surface area contributed by atoms with Crippen LogP contribution in [0.4, 0.5) is 0 Å². The molecule has 2 aromatic rings. The van der Waals surface area contributed by atoms with E-state index < -0.39 is 0 Å². The summed E-state index contributed by atoms with van der Waals surface area (Å²) >= 11 is 1.68. The quantitative estimate of drug-likeness (QED) is 0.838. The predicted molar refractivity (Wildman–Crippen MR) is 107 cm³/mol. The lowest BCUT2D eigenvalue weighted by atomic mass is 9.84. The number of amides is 1. The van der Waals surface area contributed by atoms with Crippen LogP contribution < -0.4 is 16.2 Å². The third-order valence-electron chi connectivity index (χ3n) is 5.22. The molecule has 4 rings (SSSR count). The first-order chi connectivity index (χ1) is 12.1. The number of nitrogens with one attached hydrogen (secondary N) is 2. The fourth-order valence-electron chi connectivity index (χ4n) is 4.05. The summed E-state index contributed by atoms with van der Waals surface area (Å²) in [6.45, 7) is 4.56. The van der Waals surface area contributed by atoms with Crippen LogP contribution in [-0.4, -0.2) is 29.6 Å². The van der Waals surface area contributed by atoms with Gasteiger partial charge in [0, 0.05) is 42.0 Å². The van der Waals surface area contributed by atoms with Gasteiger partial charge in [-0.3, -0.25) is 9.59 Å². The topological polar surface area (TPSA) is 63.1 Å². The predicted octanol–water partition coefficient (Wildman–Crippen LogP) is 2.40. The number of piperidine rings is 1. The lowest BCUT2D eigenvalue weighted by Crippen LogP contribution is -2.46. The van der Waals surface area contributed by atoms with Gasteiger partial charge in [0.2, 0.25) is 0 Å². The summed E-state index contributed by atoms with van der Waals surface area (Å²) in [5.74, 6) is 0.605. The second-order valence-corrected chi connectivity index (χ2v) is 8.23. The fraction of sp³-hybridized carbons (Fsp3) is 0.474. The molecule has 2 N–H and O–H groups in total. The first-order valence-electron chi connectivity index (χ1n) is 8.89. The number of carbonyl (C=O) groups is 1. The highest BCUT2D eigenvalue weighted by Gasteiger charge is 2.31. The molecular formula is C19H24ClN3O2S. The molecule has 7 heteroatoms. The Morgan fingerprint density at radius 1 is 1.38 bits per heavy atom. The van der Waals surface area contributed by atoms with Gasteiger partial charge >= 0.3 is 0 Å². The Morgan fingerprint density at radius 2 is 2.23 bits per heavy atom. The van der Waals surface area contributed by atoms with E-state index in [1.807, 2.05) is 29.0 Å². The van der Waals surface area contributed by atoms with Crippen molar-refractivity contribution in [2.24, 2.45) is 5.92 Å². The van der Waals surface area contributed by atoms with E-state index >= 15 is 0 Å². The summed E-state index contributed by atoms with van der Waals surface area (Å²) in [7, 11) is 0. The highest BCUT2D eigenvalue weighted by Crippen LogP contribution is 2.31. The number of rotatable bonds is 4. The van der Waals surface area contributed by atoms with Crippen LogP contribution in [0.2, 0.25) is 0 Å². The van der Waals surface area contributed by atoms with Crippen LogP contribution in [0.1, 0.15) is 40.2 Å². The van der Waals surface area contributed by atoms with E-state index in [0.717, 1.165) is 31.6 Å². The molecule has 1 saturated heterocycles. The van der Waals surface area contributed by atoms with Gasteiger partial charge in [-0.15, -0.1) is 23.7 Å². The van der Waals surface area contributed by atoms with Crippen molar-refractivity contribution in [2.45, 2.75) is 38.3 Å². The molecule has 0 unspecified atom stereocenters. The minimum Gasteiger partial charge on any atom is -0.349 e. The summed E-state index contributed by atoms with van der Waals surface area (Å²) in [5.41, 5.74) is 1.18. The van der Waals surface area contributed by atoms with Crippen LogP contribution in [0.3, 0.4) is 0 Å². The normalized spacial score (nSPS) is 22.0. The van der Waals surface area contributed by atoms with Gasteiger partial charge in [-0.25, -0.2) is 0 Å². The Bertz CT molecular complexity index is 834. The summed E-state index contributed by atoms with van der Waals surface area (Å²) in [6, 6.07) is 7.74. The van der Waals surface area contributed by atoms with E-state index in [2.05, 4.69) is 16.7 Å². The Kier molecular flexibility index (Phi) is 5.85. The first-order valence-corrected chi connectivity index (χ1v) is 9.77. The van der Waals surface area contributed by atoms with Crippen molar-refractivity contribution < 1.29 is 4.79 Å². The minimum atomic E-state index is -0.266. The molecule has 5 nitrogen and oxygen atoms in total. The van der Waals surface area contributed by atoms with Crippen LogP contribution >= 0.6 is 23.7 Å². The third kappa shape index (κ3) is 3.72. The average molecular weight is 394 g/mol. The van der Waals surface area contributed by atoms with E-state index in [1.165, 1.54) is 4.88 Å². The average Bonchev–Trinajstić information content (AvgIpc) is 3.09. The molecule has 3 atom stereocenters. The standard InChI is InChI=1S/C19H23N3O2S.ClH/c1-12(7-15-3-2-6-25-15)21-18(23)16-4-5-17-14-8-13(9-20-10-14)11-22(17)19(16)24;/h2-6,12-14,20H,7-11H2,1H3,(H,21,23);1H/t12-,13+,14-;/m1./s1. The van der Waals surface area contributed by atoms with Gasteiger partial charge in [0.25, 0.3) is 11.5 Å². The van der Waals surface area contributed by atoms with Gasteiger partial charge in [-0.2, -0.15) is 0 Å². The number of aromatic nitrogens is 1. The first kappa shape index (κ1) is 19.1. The zero-order valence-electron chi connectivity index (χ0n) is 14.7. The minimum absolute atomic E-state index is 0. The number of hydrogen-bond donors (Lipinski definition) is 2. The molecule has 140 valence electrons. The Hall–Kier alpha value is -1.63. The number of pyridine rings is 1. The second kappa shape index (κ2) is 7.94. The largest absolute Gasteiger partial charge is 0.349 e. The molecule has 0 aromatic carbocycles. The molecule has 2 aromatic heterocycles. The number of halogens is 1. The van der Waals surface area contributed by atoms with E-state index in [1.54, 1.807) is 17.4 Å². The van der Waals surface area contributed by atoms with Gasteiger partial charge in [-0.05, 0) is 49.4 Å². The van der Waals surface area contributed by atoms with E-state index in [0.29, 0.717) is 18.4 Å². The highest BCUT2D eigenvalue weighted by atomic mass is 35.5. The van der Waals surface area contributed by atoms with Crippen LogP contribution in [0.15, 0.2) is 34.4 Å². The van der Waals surface area contributed by atoms with Gasteiger partial charge in [0.05, 0.1) is 0 Å². The summed E-state index contributed by atoms with van der Waals surface area (Å²) in [5, 5.41) is 8.45. The van der Waals surface area contributed by atoms with Crippen molar-refractivity contribution in [1.82, 2.24) is 15.2 Å². The maximum atomic E-state index is 12.9. The zero-order chi connectivity index (χ0) is 17.4. The zero-order valence-corrected chi connectivity index (χ0v) is 16.4. The molecule has 1 amide bonds. The van der Waals surface area contributed by atoms with Gasteiger partial charge in [0.1, 0.15) is 5.56 Å². The Morgan fingerprint density at radius 3 is 3.00 bits per heavy atom. The third-order valence-corrected chi connectivity index (χ3v) is 6.12. The molecule has 0 saturated carbocycles. The van der Waals surface area contributed by atoms with Gasteiger partial charge < -0.3 is 15.2 Å². The Balaban J connectivity index is 0.00000196. The number of carbonyl (C=O) groups excluding carboxylic acids is 1. The van der Waals surface area contributed by atoms with Crippen LogP contribution in [0, 0.1) is 5.92 Å². The van der Waals surface area contributed by atoms with Crippen molar-refractivity contribution in [1.29, 1.82) is 0 Å². The molecule has 26 heavy (non-hydrogen) atoms. The summed E-state index contributed by atoms with van der Waals surface area (Å²) in [6.07, 6.45) is 1.92. The number of nitrogens with zero attached hydrogens (tertiary/aromatic N) is 1. The summed E-state index contributed by atoms with van der Waals surface area (Å²) < 4.78 is 1.83. The molecule has 2 aliphatic heterocycles. The fourth-order valence-corrected chi connectivity index (χ4v) is 4.88. The van der Waals surface area contributed by atoms with Crippen LogP contribution in [-0.2, 0) is 13.0 Å². The van der Waals surface area contributed by atoms with Crippen molar-refractivity contribution >= 4 is 29.7 Å². The maximum Gasteiger partial charge on any atom is 0.263 e. The second-order valence-electron chi connectivity index (χ2n) is 7.20. The highest BCUT2D eigenvalue weighted by molar-refractivity contribution is 7.09. The smallest absolute Gasteiger partial charge is 0.263 e. The number of fused-ring (bicyclic) bond motifs is 4. The SMILES string of the molecule is C[C@H](Cc1cccs1)NC(=O)c1ccc2n(c1=O)C[C@@H]1CNC[C@H]2C1.Cl. The molecule has 4 heterocycles. The maximum absolute atomic E-state index is 12.9. The van der Waals surface area contributed by atoms with Crippen LogP contribution in [0.25, 0.3) is 0 Å². The van der Waals surface area contributed by atoms with Crippen molar-refractivity contribution in [3.8, 4) is 0 Å². The summed E-state index contributed by atoms with van der Waals surface area (Å²) in [4.78, 5) is 26.7. The van der Waals surface area contributed by atoms with Crippen molar-refractivity contribution in [3.63, 3.8) is 0 Å². The van der Waals surface area contributed by atoms with E-state index in [9.17, 15) is 9.59 Å². The molecule has 1 fully saturated rings. The van der Waals surface area contributed by atoms with E-state index in [-0.39, 0.29) is 35.5 Å². The molecule has 0 radical (unpaired) electrons. The molecule has 2 aliphatic rings. The lowest BCUT2D eigenvalue weighted by molar-refractivity contribution is 0.0937. The molecule has 0 spiro atoms. The monoisotopic (exact) mass is 393 g/mol. The Labute approximate surface area is 163 Å². The lowest BCUT2D eigenvalue weighted by Gasteiger charge is -2.37. The van der Waals surface area contributed by atoms with Crippen molar-refractivity contribution in [3.05, 3.63) is 56.1 Å². The van der Waals surface area contributed by atoms with Gasteiger partial charge in [0.15, 0.2) is 0 Å². The number of hydrogen-bond acceptors (Lipinski definition) is 4. The molecule has 0 aliphatic carbocycles.